The molecule has 8 aliphatic rings. The Morgan fingerprint density at radius 3 is 2.40 bits per heavy atom. The Kier molecular flexibility index (Phi) is 8.57. The monoisotopic (exact) mass is 708 g/mol. The van der Waals surface area contributed by atoms with Crippen LogP contribution in [0.5, 0.6) is 0 Å². The molecule has 0 aromatic rings. The van der Waals surface area contributed by atoms with Gasteiger partial charge in [-0.2, -0.15) is 10.6 Å². The number of fused-ring (bicyclic) bond motifs is 9. The molecule has 0 aromatic heterocycles. The lowest BCUT2D eigenvalue weighted by Crippen LogP contribution is -2.68. The van der Waals surface area contributed by atoms with Crippen LogP contribution < -0.4 is 5.32 Å². The fourth-order valence-corrected chi connectivity index (χ4v) is 17.6. The molecular weight excluding hydrogens is 641 g/mol. The Labute approximate surface area is 304 Å². The predicted octanol–water partition coefficient (Wildman–Crippen LogP) is 9.54. The minimum absolute atomic E-state index is 0.0914. The summed E-state index contributed by atoms with van der Waals surface area (Å²) in [7, 11) is -2.36. The first-order valence-corrected chi connectivity index (χ1v) is 22.3. The molecule has 2 heterocycles. The molecule has 50 heavy (non-hydrogen) atoms. The molecule has 6 aliphatic carbocycles. The highest BCUT2D eigenvalue weighted by atomic mass is 32.3. The van der Waals surface area contributed by atoms with Crippen molar-refractivity contribution in [3.05, 3.63) is 35.5 Å². The fourth-order valence-electron chi connectivity index (χ4n) is 15.4. The maximum atomic E-state index is 11.7. The number of rotatable bonds is 7. The van der Waals surface area contributed by atoms with Gasteiger partial charge in [-0.15, -0.1) is 0 Å². The van der Waals surface area contributed by atoms with Crippen molar-refractivity contribution in [3.63, 3.8) is 0 Å². The number of carboxylic acids is 1. The Morgan fingerprint density at radius 2 is 1.76 bits per heavy atom. The van der Waals surface area contributed by atoms with Crippen molar-refractivity contribution in [2.24, 2.45) is 57.2 Å². The van der Waals surface area contributed by atoms with E-state index in [-0.39, 0.29) is 27.5 Å². The third-order valence-electron chi connectivity index (χ3n) is 18.1. The topological polar surface area (TPSA) is 93.0 Å². The van der Waals surface area contributed by atoms with Gasteiger partial charge in [-0.3, -0.25) is 18.8 Å². The lowest BCUT2D eigenvalue weighted by Gasteiger charge is -2.72. The number of allylic oxidation sites excluding steroid dienone is 5. The maximum absolute atomic E-state index is 11.7. The first kappa shape index (κ1) is 35.9. The molecule has 2 aliphatic heterocycles. The van der Waals surface area contributed by atoms with Crippen LogP contribution in [0.25, 0.3) is 0 Å². The van der Waals surface area contributed by atoms with Gasteiger partial charge < -0.3 is 10.4 Å². The first-order valence-electron chi connectivity index (χ1n) is 20.5. The van der Waals surface area contributed by atoms with Gasteiger partial charge in [0.2, 0.25) is 0 Å². The van der Waals surface area contributed by atoms with Crippen LogP contribution in [-0.2, 0) is 4.79 Å². The van der Waals surface area contributed by atoms with Gasteiger partial charge in [-0.25, -0.2) is 0 Å². The normalized spacial score (nSPS) is 49.5. The van der Waals surface area contributed by atoms with E-state index in [9.17, 15) is 19.0 Å². The minimum atomic E-state index is -2.36. The van der Waals surface area contributed by atoms with Crippen molar-refractivity contribution in [2.75, 3.05) is 25.4 Å². The summed E-state index contributed by atoms with van der Waals surface area (Å²) in [6.07, 6.45) is 19.8. The molecule has 0 radical (unpaired) electrons. The summed E-state index contributed by atoms with van der Waals surface area (Å²) in [6, 6.07) is 0.354. The second-order valence-corrected chi connectivity index (χ2v) is 22.7. The molecule has 4 N–H and O–H groups in total. The zero-order chi connectivity index (χ0) is 35.6. The van der Waals surface area contributed by atoms with Crippen LogP contribution in [0.4, 0.5) is 0 Å². The van der Waals surface area contributed by atoms with Crippen LogP contribution in [-0.4, -0.2) is 67.3 Å². The number of hydrogen-bond donors (Lipinski definition) is 4. The molecule has 6 fully saturated rings. The molecule has 2 saturated heterocycles. The summed E-state index contributed by atoms with van der Waals surface area (Å²) in [6.45, 7) is 23.0. The van der Waals surface area contributed by atoms with Crippen molar-refractivity contribution < 1.29 is 19.0 Å². The van der Waals surface area contributed by atoms with Gasteiger partial charge in [0.15, 0.2) is 0 Å². The maximum Gasteiger partial charge on any atom is 0.306 e. The molecular formula is C43H68N2O4S. The van der Waals surface area contributed by atoms with Crippen LogP contribution in [0, 0.1) is 57.2 Å². The number of carboxylic acid groups (broad SMARTS) is 1. The quantitative estimate of drug-likeness (QED) is 0.197. The predicted molar refractivity (Wildman–Crippen MR) is 205 cm³/mol. The molecule has 4 saturated carbocycles. The van der Waals surface area contributed by atoms with Crippen LogP contribution in [0.3, 0.4) is 0 Å². The Balaban J connectivity index is 1.03. The molecule has 0 amide bonds. The third-order valence-corrected chi connectivity index (χ3v) is 20.4. The van der Waals surface area contributed by atoms with Gasteiger partial charge in [0.1, 0.15) is 0 Å². The van der Waals surface area contributed by atoms with E-state index in [2.05, 4.69) is 70.5 Å². The average Bonchev–Trinajstić information content (AvgIpc) is 3.72. The van der Waals surface area contributed by atoms with E-state index in [1.54, 1.807) is 0 Å². The highest BCUT2D eigenvalue weighted by molar-refractivity contribution is 8.25. The second-order valence-electron chi connectivity index (χ2n) is 20.2. The van der Waals surface area contributed by atoms with Crippen molar-refractivity contribution in [2.45, 2.75) is 142 Å². The Morgan fingerprint density at radius 1 is 0.980 bits per heavy atom. The van der Waals surface area contributed by atoms with Crippen molar-refractivity contribution in [3.8, 4) is 0 Å². The van der Waals surface area contributed by atoms with Gasteiger partial charge in [0.25, 0.3) is 0 Å². The highest BCUT2D eigenvalue weighted by Gasteiger charge is 2.70. The van der Waals surface area contributed by atoms with Crippen LogP contribution >= 0.6 is 10.6 Å². The molecule has 280 valence electrons. The average molecular weight is 709 g/mol. The highest BCUT2D eigenvalue weighted by Crippen LogP contribution is 2.76. The Hall–Kier alpha value is -1.12. The Bertz CT molecular complexity index is 1490. The summed E-state index contributed by atoms with van der Waals surface area (Å²) in [5.74, 6) is 3.04. The van der Waals surface area contributed by atoms with Crippen LogP contribution in [0.15, 0.2) is 35.5 Å². The van der Waals surface area contributed by atoms with E-state index in [0.717, 1.165) is 45.3 Å². The minimum Gasteiger partial charge on any atom is -0.481 e. The molecule has 7 heteroatoms. The summed E-state index contributed by atoms with van der Waals surface area (Å²) < 4.78 is 20.9. The molecule has 12 atom stereocenters. The van der Waals surface area contributed by atoms with E-state index in [1.807, 2.05) is 0 Å². The molecule has 0 aromatic carbocycles. The number of carbonyl (C=O) groups is 1. The molecule has 0 spiro atoms. The first-order chi connectivity index (χ1) is 23.5. The van der Waals surface area contributed by atoms with Gasteiger partial charge >= 0.3 is 5.97 Å². The van der Waals surface area contributed by atoms with Crippen LogP contribution in [0.1, 0.15) is 125 Å². The lowest BCUT2D eigenvalue weighted by atomic mass is 9.33. The van der Waals surface area contributed by atoms with E-state index < -0.39 is 16.6 Å². The van der Waals surface area contributed by atoms with Gasteiger partial charge in [-0.05, 0) is 153 Å². The summed E-state index contributed by atoms with van der Waals surface area (Å²) in [5.41, 5.74) is 5.56. The lowest BCUT2D eigenvalue weighted by molar-refractivity contribution is -0.221. The van der Waals surface area contributed by atoms with Crippen LogP contribution in [0.2, 0.25) is 0 Å². The van der Waals surface area contributed by atoms with E-state index in [1.165, 1.54) is 68.1 Å². The van der Waals surface area contributed by atoms with E-state index >= 15 is 0 Å². The smallest absolute Gasteiger partial charge is 0.306 e. The van der Waals surface area contributed by atoms with Gasteiger partial charge in [0, 0.05) is 31.2 Å². The molecule has 0 unspecified atom stereocenters. The fraction of sp³-hybridized carbons (Fsp3) is 0.837. The number of likely N-dealkylation sites (tertiary alicyclic amines) is 1. The molecule has 2 bridgehead atoms. The number of hydrogen-bond acceptors (Lipinski definition) is 5. The van der Waals surface area contributed by atoms with Crippen molar-refractivity contribution in [1.29, 1.82) is 0 Å². The SMILES string of the molecule is C=C(C)[C@@H]1CC[C@]2(NCCN3C[C@@H]4C[C@H]3CS4(O)O)CC[C@]3(C)[C@H](CC[C@@H]4[C@@]5(C)CC=C(C6=CC[C@H](C(=O)O)CC6)C(C)(C)[C@@H]5CC[C@]43C)[C@@H]12. The van der Waals surface area contributed by atoms with Gasteiger partial charge in [0.05, 0.1) is 16.9 Å². The van der Waals surface area contributed by atoms with E-state index in [4.69, 9.17) is 0 Å². The molecule has 6 nitrogen and oxygen atoms in total. The zero-order valence-electron chi connectivity index (χ0n) is 32.1. The van der Waals surface area contributed by atoms with Crippen molar-refractivity contribution in [1.82, 2.24) is 10.2 Å². The van der Waals surface area contributed by atoms with Gasteiger partial charge in [-0.1, -0.05) is 58.9 Å². The number of aliphatic carboxylic acids is 1. The number of nitrogens with zero attached hydrogens (tertiary/aromatic N) is 1. The number of nitrogens with one attached hydrogen (secondary N) is 1. The summed E-state index contributed by atoms with van der Waals surface area (Å²) in [4.78, 5) is 14.2. The zero-order valence-corrected chi connectivity index (χ0v) is 32.9. The largest absolute Gasteiger partial charge is 0.481 e. The van der Waals surface area contributed by atoms with Crippen molar-refractivity contribution >= 4 is 16.6 Å². The molecule has 8 rings (SSSR count). The van der Waals surface area contributed by atoms with E-state index in [0.29, 0.717) is 58.6 Å². The second kappa shape index (κ2) is 11.9. The summed E-state index contributed by atoms with van der Waals surface area (Å²) >= 11 is 0. The standard InChI is InChI=1S/C43H68N2O4S/c1-27(2)32-14-19-43(44-22-23-45-25-31-24-30(45)26-50(31,48)49)21-20-41(6)34(37(32)43)12-13-36-40(5)17-15-33(28-8-10-29(11-9-28)38(46)47)39(3,4)35(40)16-18-42(36,41)7/h8,15,29-32,34-37,44,48-49H,1,9-14,16-26H2,2-7H3,(H,46,47)/t29-,30-,31-,32-,34+,35-,36+,37+,40-,41+,42+,43-/m0/s1. The summed E-state index contributed by atoms with van der Waals surface area (Å²) in [5, 5.41) is 14.0. The third kappa shape index (κ3) is 5.04.